The summed E-state index contributed by atoms with van der Waals surface area (Å²) in [6.45, 7) is 4.30. The molecule has 2 unspecified atom stereocenters. The Morgan fingerprint density at radius 2 is 1.74 bits per heavy atom. The van der Waals surface area contributed by atoms with Crippen molar-refractivity contribution in [3.05, 3.63) is 29.8 Å². The first kappa shape index (κ1) is 15.8. The molecule has 0 saturated carbocycles. The van der Waals surface area contributed by atoms with E-state index in [4.69, 9.17) is 5.73 Å². The van der Waals surface area contributed by atoms with Gasteiger partial charge in [0.25, 0.3) is 0 Å². The van der Waals surface area contributed by atoms with E-state index in [1.54, 1.807) is 0 Å². The number of nitrogens with two attached hydrogens (primary N) is 1. The van der Waals surface area contributed by atoms with E-state index in [0.717, 1.165) is 24.1 Å². The van der Waals surface area contributed by atoms with Gasteiger partial charge in [-0.2, -0.15) is 0 Å². The molecule has 1 heterocycles. The number of hydrogen-bond acceptors (Lipinski definition) is 2. The summed E-state index contributed by atoms with van der Waals surface area (Å²) in [5.74, 6) is 0.236. The highest BCUT2D eigenvalue weighted by Crippen LogP contribution is 2.23. The molecular formula is C15H23ClN2O. The number of rotatable bonds is 2. The van der Waals surface area contributed by atoms with Gasteiger partial charge in [0.1, 0.15) is 0 Å². The topological polar surface area (TPSA) is 46.3 Å². The van der Waals surface area contributed by atoms with Crippen LogP contribution in [0.1, 0.15) is 38.7 Å². The number of halogens is 1. The van der Waals surface area contributed by atoms with E-state index in [1.165, 1.54) is 6.42 Å². The van der Waals surface area contributed by atoms with Gasteiger partial charge in [0.15, 0.2) is 0 Å². The van der Waals surface area contributed by atoms with Gasteiger partial charge >= 0.3 is 0 Å². The van der Waals surface area contributed by atoms with Gasteiger partial charge in [-0.1, -0.05) is 12.1 Å². The average molecular weight is 283 g/mol. The number of nitrogen functional groups attached to an aromatic ring is 1. The summed E-state index contributed by atoms with van der Waals surface area (Å²) < 4.78 is 0. The summed E-state index contributed by atoms with van der Waals surface area (Å²) >= 11 is 0. The number of benzene rings is 1. The van der Waals surface area contributed by atoms with Crippen molar-refractivity contribution in [2.24, 2.45) is 0 Å². The number of carbonyl (C=O) groups excluding carboxylic acids is 1. The van der Waals surface area contributed by atoms with Crippen LogP contribution < -0.4 is 5.73 Å². The van der Waals surface area contributed by atoms with Gasteiger partial charge in [-0.15, -0.1) is 12.4 Å². The van der Waals surface area contributed by atoms with Gasteiger partial charge in [-0.05, 0) is 50.8 Å². The zero-order chi connectivity index (χ0) is 13.1. The summed E-state index contributed by atoms with van der Waals surface area (Å²) in [6.07, 6.45) is 3.96. The maximum Gasteiger partial charge on any atom is 0.227 e. The molecular weight excluding hydrogens is 260 g/mol. The Bertz CT molecular complexity index is 409. The smallest absolute Gasteiger partial charge is 0.227 e. The van der Waals surface area contributed by atoms with E-state index in [-0.39, 0.29) is 18.3 Å². The van der Waals surface area contributed by atoms with Crippen molar-refractivity contribution < 1.29 is 4.79 Å². The Morgan fingerprint density at radius 1 is 1.21 bits per heavy atom. The molecule has 0 aromatic heterocycles. The van der Waals surface area contributed by atoms with Crippen LogP contribution in [-0.2, 0) is 11.2 Å². The normalized spacial score (nSPS) is 22.7. The monoisotopic (exact) mass is 282 g/mol. The zero-order valence-electron chi connectivity index (χ0n) is 11.6. The minimum absolute atomic E-state index is 0. The molecule has 1 amide bonds. The molecule has 1 aromatic rings. The molecule has 0 aliphatic carbocycles. The molecule has 1 aliphatic heterocycles. The average Bonchev–Trinajstić information content (AvgIpc) is 2.32. The van der Waals surface area contributed by atoms with Gasteiger partial charge in [-0.25, -0.2) is 0 Å². The van der Waals surface area contributed by atoms with E-state index in [0.29, 0.717) is 18.5 Å². The maximum absolute atomic E-state index is 12.4. The molecule has 1 fully saturated rings. The van der Waals surface area contributed by atoms with Gasteiger partial charge in [0.05, 0.1) is 6.42 Å². The Labute approximate surface area is 121 Å². The van der Waals surface area contributed by atoms with Gasteiger partial charge in [0, 0.05) is 17.8 Å². The third kappa shape index (κ3) is 3.87. The Morgan fingerprint density at radius 3 is 2.26 bits per heavy atom. The quantitative estimate of drug-likeness (QED) is 0.848. The number of carbonyl (C=O) groups is 1. The highest BCUT2D eigenvalue weighted by Gasteiger charge is 2.28. The molecule has 2 atom stereocenters. The van der Waals surface area contributed by atoms with Gasteiger partial charge in [0.2, 0.25) is 5.91 Å². The van der Waals surface area contributed by atoms with Crippen molar-refractivity contribution in [1.29, 1.82) is 0 Å². The first-order valence-electron chi connectivity index (χ1n) is 6.73. The van der Waals surface area contributed by atoms with Crippen molar-refractivity contribution in [3.8, 4) is 0 Å². The fourth-order valence-corrected chi connectivity index (χ4v) is 2.81. The predicted molar refractivity (Wildman–Crippen MR) is 81.4 cm³/mol. The second kappa shape index (κ2) is 6.80. The lowest BCUT2D eigenvalue weighted by molar-refractivity contribution is -0.136. The maximum atomic E-state index is 12.4. The molecule has 3 nitrogen and oxygen atoms in total. The van der Waals surface area contributed by atoms with E-state index in [1.807, 2.05) is 24.3 Å². The fourth-order valence-electron chi connectivity index (χ4n) is 2.81. The van der Waals surface area contributed by atoms with E-state index in [9.17, 15) is 4.79 Å². The Kier molecular flexibility index (Phi) is 5.67. The minimum atomic E-state index is 0. The van der Waals surface area contributed by atoms with Crippen molar-refractivity contribution in [2.45, 2.75) is 51.6 Å². The largest absolute Gasteiger partial charge is 0.399 e. The van der Waals surface area contributed by atoms with Gasteiger partial charge in [-0.3, -0.25) is 4.79 Å². The van der Waals surface area contributed by atoms with Crippen LogP contribution in [0.3, 0.4) is 0 Å². The minimum Gasteiger partial charge on any atom is -0.399 e. The number of piperidine rings is 1. The first-order chi connectivity index (χ1) is 8.58. The lowest BCUT2D eigenvalue weighted by Gasteiger charge is -2.39. The van der Waals surface area contributed by atoms with Crippen LogP contribution >= 0.6 is 12.4 Å². The van der Waals surface area contributed by atoms with Crippen molar-refractivity contribution in [2.75, 3.05) is 5.73 Å². The standard InChI is InChI=1S/C15H22N2O.ClH/c1-11-4-3-5-12(2)17(11)15(18)10-13-6-8-14(16)9-7-13;/h6-9,11-12H,3-5,10,16H2,1-2H3;1H. The highest BCUT2D eigenvalue weighted by atomic mass is 35.5. The molecule has 2 N–H and O–H groups in total. The molecule has 0 radical (unpaired) electrons. The van der Waals surface area contributed by atoms with Gasteiger partial charge < -0.3 is 10.6 Å². The summed E-state index contributed by atoms with van der Waals surface area (Å²) in [4.78, 5) is 14.4. The fraction of sp³-hybridized carbons (Fsp3) is 0.533. The third-order valence-corrected chi connectivity index (χ3v) is 3.82. The van der Waals surface area contributed by atoms with E-state index >= 15 is 0 Å². The summed E-state index contributed by atoms with van der Waals surface area (Å²) in [6, 6.07) is 8.32. The summed E-state index contributed by atoms with van der Waals surface area (Å²) in [5.41, 5.74) is 7.43. The molecule has 0 spiro atoms. The predicted octanol–water partition coefficient (Wildman–Crippen LogP) is 3.02. The number of hydrogen-bond donors (Lipinski definition) is 1. The van der Waals surface area contributed by atoms with Crippen molar-refractivity contribution in [1.82, 2.24) is 4.90 Å². The first-order valence-corrected chi connectivity index (χ1v) is 6.73. The third-order valence-electron chi connectivity index (χ3n) is 3.82. The zero-order valence-corrected chi connectivity index (χ0v) is 12.5. The molecule has 1 aliphatic rings. The number of nitrogens with zero attached hydrogens (tertiary/aromatic N) is 1. The molecule has 1 saturated heterocycles. The summed E-state index contributed by atoms with van der Waals surface area (Å²) in [7, 11) is 0. The number of amides is 1. The van der Waals surface area contributed by atoms with E-state index in [2.05, 4.69) is 18.7 Å². The van der Waals surface area contributed by atoms with E-state index < -0.39 is 0 Å². The van der Waals surface area contributed by atoms with Crippen LogP contribution in [0.2, 0.25) is 0 Å². The molecule has 1 aromatic carbocycles. The molecule has 106 valence electrons. The SMILES string of the molecule is CC1CCCC(C)N1C(=O)Cc1ccc(N)cc1.Cl. The second-order valence-corrected chi connectivity index (χ2v) is 5.35. The van der Waals surface area contributed by atoms with Crippen LogP contribution in [-0.4, -0.2) is 22.9 Å². The molecule has 19 heavy (non-hydrogen) atoms. The Hall–Kier alpha value is -1.22. The summed E-state index contributed by atoms with van der Waals surface area (Å²) in [5, 5.41) is 0. The lowest BCUT2D eigenvalue weighted by atomic mass is 9.96. The lowest BCUT2D eigenvalue weighted by Crippen LogP contribution is -2.48. The second-order valence-electron chi connectivity index (χ2n) is 5.35. The molecule has 0 bridgehead atoms. The van der Waals surface area contributed by atoms with Crippen molar-refractivity contribution >= 4 is 24.0 Å². The van der Waals surface area contributed by atoms with Crippen LogP contribution in [0.25, 0.3) is 0 Å². The number of likely N-dealkylation sites (tertiary alicyclic amines) is 1. The Balaban J connectivity index is 0.00000180. The van der Waals surface area contributed by atoms with Crippen LogP contribution in [0, 0.1) is 0 Å². The van der Waals surface area contributed by atoms with Crippen LogP contribution in [0.4, 0.5) is 5.69 Å². The molecule has 2 rings (SSSR count). The molecule has 4 heteroatoms. The van der Waals surface area contributed by atoms with Crippen LogP contribution in [0.15, 0.2) is 24.3 Å². The van der Waals surface area contributed by atoms with Crippen LogP contribution in [0.5, 0.6) is 0 Å². The van der Waals surface area contributed by atoms with Crippen molar-refractivity contribution in [3.63, 3.8) is 0 Å². The number of anilines is 1. The highest BCUT2D eigenvalue weighted by molar-refractivity contribution is 5.85.